The molecule has 2 atom stereocenters. The fourth-order valence-corrected chi connectivity index (χ4v) is 4.23. The lowest BCUT2D eigenvalue weighted by atomic mass is 9.78. The predicted molar refractivity (Wildman–Crippen MR) is 86.2 cm³/mol. The second-order valence-corrected chi connectivity index (χ2v) is 6.80. The maximum absolute atomic E-state index is 6.01. The lowest BCUT2D eigenvalue weighted by molar-refractivity contribution is 0.0493. The average Bonchev–Trinajstić information content (AvgIpc) is 2.85. The van der Waals surface area contributed by atoms with Crippen molar-refractivity contribution in [3.63, 3.8) is 0 Å². The Morgan fingerprint density at radius 3 is 2.90 bits per heavy atom. The van der Waals surface area contributed by atoms with Gasteiger partial charge < -0.3 is 9.73 Å². The van der Waals surface area contributed by atoms with Crippen LogP contribution in [0.3, 0.4) is 0 Å². The minimum Gasteiger partial charge on any atom is -0.465 e. The zero-order valence-electron chi connectivity index (χ0n) is 13.7. The van der Waals surface area contributed by atoms with E-state index in [-0.39, 0.29) is 0 Å². The number of hydrogen-bond acceptors (Lipinski definition) is 3. The van der Waals surface area contributed by atoms with Gasteiger partial charge in [-0.15, -0.1) is 0 Å². The summed E-state index contributed by atoms with van der Waals surface area (Å²) < 4.78 is 6.01. The molecule has 2 aliphatic rings. The van der Waals surface area contributed by atoms with Crippen LogP contribution in [-0.2, 0) is 13.1 Å². The van der Waals surface area contributed by atoms with Gasteiger partial charge in [0.2, 0.25) is 0 Å². The number of nitrogens with one attached hydrogen (secondary N) is 1. The molecule has 1 saturated heterocycles. The molecule has 0 bridgehead atoms. The summed E-state index contributed by atoms with van der Waals surface area (Å²) in [4.78, 5) is 2.70. The Labute approximate surface area is 129 Å². The number of rotatable bonds is 5. The number of piperidine rings is 1. The van der Waals surface area contributed by atoms with Gasteiger partial charge in [0.05, 0.1) is 6.54 Å². The molecule has 2 fully saturated rings. The molecule has 1 aromatic heterocycles. The zero-order valence-corrected chi connectivity index (χ0v) is 13.7. The van der Waals surface area contributed by atoms with E-state index in [1.165, 1.54) is 50.6 Å². The molecule has 2 heterocycles. The lowest BCUT2D eigenvalue weighted by Crippen LogP contribution is -2.46. The number of fused-ring (bicyclic) bond motifs is 1. The number of furan rings is 1. The van der Waals surface area contributed by atoms with Gasteiger partial charge in [0.25, 0.3) is 0 Å². The first kappa shape index (κ1) is 15.1. The van der Waals surface area contributed by atoms with E-state index < -0.39 is 0 Å². The van der Waals surface area contributed by atoms with Crippen molar-refractivity contribution in [2.45, 2.75) is 71.5 Å². The molecule has 0 unspecified atom stereocenters. The van der Waals surface area contributed by atoms with Crippen LogP contribution in [0.15, 0.2) is 10.5 Å². The summed E-state index contributed by atoms with van der Waals surface area (Å²) in [5.74, 6) is 3.19. The van der Waals surface area contributed by atoms with E-state index in [9.17, 15) is 0 Å². The number of hydrogen-bond donors (Lipinski definition) is 1. The fraction of sp³-hybridized carbons (Fsp3) is 0.778. The van der Waals surface area contributed by atoms with Crippen LogP contribution in [0.2, 0.25) is 0 Å². The van der Waals surface area contributed by atoms with Gasteiger partial charge >= 0.3 is 0 Å². The first-order chi connectivity index (χ1) is 10.3. The molecular formula is C18H30N2O. The maximum Gasteiger partial charge on any atom is 0.118 e. The van der Waals surface area contributed by atoms with Crippen LogP contribution in [0, 0.1) is 12.8 Å². The first-order valence-electron chi connectivity index (χ1n) is 8.81. The molecule has 1 aliphatic heterocycles. The normalized spacial score (nSPS) is 26.8. The second kappa shape index (κ2) is 6.97. The van der Waals surface area contributed by atoms with Crippen molar-refractivity contribution in [3.05, 3.63) is 23.2 Å². The molecule has 0 aromatic carbocycles. The van der Waals surface area contributed by atoms with Crippen molar-refractivity contribution in [3.8, 4) is 0 Å². The van der Waals surface area contributed by atoms with E-state index >= 15 is 0 Å². The van der Waals surface area contributed by atoms with Gasteiger partial charge in [0, 0.05) is 18.2 Å². The van der Waals surface area contributed by atoms with Gasteiger partial charge in [0.1, 0.15) is 11.5 Å². The highest BCUT2D eigenvalue weighted by molar-refractivity contribution is 5.20. The molecule has 1 saturated carbocycles. The number of likely N-dealkylation sites (tertiary alicyclic amines) is 1. The third-order valence-electron chi connectivity index (χ3n) is 5.35. The summed E-state index contributed by atoms with van der Waals surface area (Å²) in [6.45, 7) is 8.44. The minimum atomic E-state index is 0.815. The van der Waals surface area contributed by atoms with E-state index in [2.05, 4.69) is 30.1 Å². The first-order valence-corrected chi connectivity index (χ1v) is 8.81. The van der Waals surface area contributed by atoms with Crippen molar-refractivity contribution < 1.29 is 4.42 Å². The van der Waals surface area contributed by atoms with E-state index in [0.29, 0.717) is 0 Å². The van der Waals surface area contributed by atoms with E-state index in [1.807, 2.05) is 0 Å². The Bertz CT molecular complexity index is 452. The van der Waals surface area contributed by atoms with Crippen molar-refractivity contribution in [1.29, 1.82) is 0 Å². The molecule has 3 heteroatoms. The summed E-state index contributed by atoms with van der Waals surface area (Å²) >= 11 is 0. The number of aryl methyl sites for hydroxylation is 1. The summed E-state index contributed by atoms with van der Waals surface area (Å²) in [6, 6.07) is 3.08. The standard InChI is InChI=1S/C18H30N2O/c1-3-19-12-16-11-17(21-14(16)2)13-20-10-6-8-15-7-4-5-9-18(15)20/h11,15,18-19H,3-10,12-13H2,1-2H3/t15-,18-/m1/s1. The van der Waals surface area contributed by atoms with Crippen LogP contribution >= 0.6 is 0 Å². The third kappa shape index (κ3) is 3.51. The Balaban J connectivity index is 1.65. The SMILES string of the molecule is CCNCc1cc(CN2CCC[C@H]3CCCC[C@H]32)oc1C. The van der Waals surface area contributed by atoms with E-state index in [0.717, 1.165) is 43.1 Å². The van der Waals surface area contributed by atoms with Crippen molar-refractivity contribution >= 4 is 0 Å². The molecule has 0 spiro atoms. The van der Waals surface area contributed by atoms with Crippen molar-refractivity contribution in [1.82, 2.24) is 10.2 Å². The highest BCUT2D eigenvalue weighted by atomic mass is 16.3. The summed E-state index contributed by atoms with van der Waals surface area (Å²) in [5, 5.41) is 3.39. The Morgan fingerprint density at radius 1 is 1.24 bits per heavy atom. The average molecular weight is 290 g/mol. The highest BCUT2D eigenvalue weighted by Crippen LogP contribution is 2.36. The van der Waals surface area contributed by atoms with Gasteiger partial charge in [0.15, 0.2) is 0 Å². The largest absolute Gasteiger partial charge is 0.465 e. The van der Waals surface area contributed by atoms with Gasteiger partial charge in [-0.3, -0.25) is 4.90 Å². The molecule has 21 heavy (non-hydrogen) atoms. The molecule has 0 radical (unpaired) electrons. The van der Waals surface area contributed by atoms with Gasteiger partial charge in [-0.2, -0.15) is 0 Å². The van der Waals surface area contributed by atoms with Gasteiger partial charge in [-0.1, -0.05) is 19.8 Å². The predicted octanol–water partition coefficient (Wildman–Crippen LogP) is 3.85. The monoisotopic (exact) mass is 290 g/mol. The molecule has 3 nitrogen and oxygen atoms in total. The summed E-state index contributed by atoms with van der Waals surface area (Å²) in [7, 11) is 0. The minimum absolute atomic E-state index is 0.815. The second-order valence-electron chi connectivity index (χ2n) is 6.80. The zero-order chi connectivity index (χ0) is 14.7. The Morgan fingerprint density at radius 2 is 2.05 bits per heavy atom. The summed E-state index contributed by atoms with van der Waals surface area (Å²) in [6.07, 6.45) is 8.52. The lowest BCUT2D eigenvalue weighted by Gasteiger charge is -2.43. The molecule has 1 aromatic rings. The number of nitrogens with zero attached hydrogens (tertiary/aromatic N) is 1. The van der Waals surface area contributed by atoms with E-state index in [4.69, 9.17) is 4.42 Å². The van der Waals surface area contributed by atoms with Crippen LogP contribution < -0.4 is 5.32 Å². The Kier molecular flexibility index (Phi) is 5.02. The molecule has 1 aliphatic carbocycles. The molecule has 1 N–H and O–H groups in total. The smallest absolute Gasteiger partial charge is 0.118 e. The molecular weight excluding hydrogens is 260 g/mol. The third-order valence-corrected chi connectivity index (χ3v) is 5.35. The topological polar surface area (TPSA) is 28.4 Å². The quantitative estimate of drug-likeness (QED) is 0.893. The van der Waals surface area contributed by atoms with Crippen LogP contribution in [-0.4, -0.2) is 24.0 Å². The molecule has 118 valence electrons. The van der Waals surface area contributed by atoms with E-state index in [1.54, 1.807) is 0 Å². The van der Waals surface area contributed by atoms with Crippen molar-refractivity contribution in [2.75, 3.05) is 13.1 Å². The van der Waals surface area contributed by atoms with Gasteiger partial charge in [-0.25, -0.2) is 0 Å². The van der Waals surface area contributed by atoms with Crippen LogP contribution in [0.1, 0.15) is 62.5 Å². The van der Waals surface area contributed by atoms with Crippen LogP contribution in [0.4, 0.5) is 0 Å². The molecule has 0 amide bonds. The van der Waals surface area contributed by atoms with Crippen molar-refractivity contribution in [2.24, 2.45) is 5.92 Å². The molecule has 3 rings (SSSR count). The van der Waals surface area contributed by atoms with Crippen LogP contribution in [0.5, 0.6) is 0 Å². The maximum atomic E-state index is 6.01. The summed E-state index contributed by atoms with van der Waals surface area (Å²) in [5.41, 5.74) is 1.32. The fourth-order valence-electron chi connectivity index (χ4n) is 4.23. The van der Waals surface area contributed by atoms with Gasteiger partial charge in [-0.05, 0) is 57.7 Å². The highest BCUT2D eigenvalue weighted by Gasteiger charge is 2.33. The Hall–Kier alpha value is -0.800. The van der Waals surface area contributed by atoms with Crippen LogP contribution in [0.25, 0.3) is 0 Å².